The standard InChI is InChI=1S/C12H14ClN5O/c1-8-5-17-18(7-8)3-2-15-12-10(13)4-9(6-16-12)11(14)19/h4-7H,2-3H2,1H3,(H2,14,19)(H,15,16). The molecule has 100 valence electrons. The van der Waals surface area contributed by atoms with Crippen LogP contribution in [0.5, 0.6) is 0 Å². The van der Waals surface area contributed by atoms with E-state index >= 15 is 0 Å². The molecule has 2 aromatic rings. The zero-order valence-electron chi connectivity index (χ0n) is 10.4. The Kier molecular flexibility index (Phi) is 4.01. The molecule has 0 radical (unpaired) electrons. The molecule has 0 saturated heterocycles. The van der Waals surface area contributed by atoms with E-state index in [-0.39, 0.29) is 0 Å². The van der Waals surface area contributed by atoms with E-state index in [1.54, 1.807) is 6.20 Å². The first-order chi connectivity index (χ1) is 9.06. The highest BCUT2D eigenvalue weighted by Crippen LogP contribution is 2.19. The van der Waals surface area contributed by atoms with Gasteiger partial charge in [0.1, 0.15) is 5.82 Å². The summed E-state index contributed by atoms with van der Waals surface area (Å²) in [6, 6.07) is 1.50. The fraction of sp³-hybridized carbons (Fsp3) is 0.250. The number of carbonyl (C=O) groups excluding carboxylic acids is 1. The molecule has 0 aliphatic carbocycles. The van der Waals surface area contributed by atoms with Gasteiger partial charge in [-0.15, -0.1) is 0 Å². The van der Waals surface area contributed by atoms with E-state index in [0.717, 1.165) is 5.56 Å². The Hall–Kier alpha value is -2.08. The van der Waals surface area contributed by atoms with Crippen molar-refractivity contribution < 1.29 is 4.79 Å². The highest BCUT2D eigenvalue weighted by atomic mass is 35.5. The van der Waals surface area contributed by atoms with Crippen molar-refractivity contribution in [2.75, 3.05) is 11.9 Å². The molecule has 2 heterocycles. The number of nitrogens with two attached hydrogens (primary N) is 1. The van der Waals surface area contributed by atoms with Crippen LogP contribution < -0.4 is 11.1 Å². The summed E-state index contributed by atoms with van der Waals surface area (Å²) >= 11 is 6.00. The summed E-state index contributed by atoms with van der Waals surface area (Å²) in [5.41, 5.74) is 6.54. The van der Waals surface area contributed by atoms with Crippen LogP contribution in [-0.4, -0.2) is 27.2 Å². The van der Waals surface area contributed by atoms with Gasteiger partial charge in [-0.05, 0) is 18.6 Å². The third-order valence-corrected chi connectivity index (χ3v) is 2.81. The lowest BCUT2D eigenvalue weighted by molar-refractivity contribution is 0.1000. The number of nitrogens with one attached hydrogen (secondary N) is 1. The molecule has 3 N–H and O–H groups in total. The molecule has 19 heavy (non-hydrogen) atoms. The number of amides is 1. The molecule has 0 aliphatic heterocycles. The van der Waals surface area contributed by atoms with Gasteiger partial charge in [0.25, 0.3) is 0 Å². The van der Waals surface area contributed by atoms with Gasteiger partial charge in [-0.1, -0.05) is 11.6 Å². The Morgan fingerprint density at radius 3 is 2.89 bits per heavy atom. The molecular formula is C12H14ClN5O. The normalized spacial score (nSPS) is 10.4. The summed E-state index contributed by atoms with van der Waals surface area (Å²) in [6.07, 6.45) is 5.15. The fourth-order valence-electron chi connectivity index (χ4n) is 1.58. The molecule has 0 saturated carbocycles. The van der Waals surface area contributed by atoms with Gasteiger partial charge < -0.3 is 11.1 Å². The maximum atomic E-state index is 11.0. The molecule has 2 aromatic heterocycles. The van der Waals surface area contributed by atoms with Crippen molar-refractivity contribution in [2.45, 2.75) is 13.5 Å². The zero-order valence-corrected chi connectivity index (χ0v) is 11.2. The number of nitrogens with zero attached hydrogens (tertiary/aromatic N) is 3. The van der Waals surface area contributed by atoms with Crippen molar-refractivity contribution in [1.82, 2.24) is 14.8 Å². The Balaban J connectivity index is 1.94. The van der Waals surface area contributed by atoms with Crippen LogP contribution in [0.2, 0.25) is 5.02 Å². The molecular weight excluding hydrogens is 266 g/mol. The minimum Gasteiger partial charge on any atom is -0.367 e. The minimum absolute atomic E-state index is 0.290. The number of primary amides is 1. The predicted molar refractivity (Wildman–Crippen MR) is 73.2 cm³/mol. The van der Waals surface area contributed by atoms with Crippen LogP contribution in [0, 0.1) is 6.92 Å². The maximum absolute atomic E-state index is 11.0. The van der Waals surface area contributed by atoms with Crippen molar-refractivity contribution in [3.63, 3.8) is 0 Å². The molecule has 0 atom stereocenters. The van der Waals surface area contributed by atoms with Gasteiger partial charge in [-0.25, -0.2) is 4.98 Å². The second kappa shape index (κ2) is 5.71. The molecule has 1 amide bonds. The molecule has 0 aliphatic rings. The highest BCUT2D eigenvalue weighted by molar-refractivity contribution is 6.33. The third-order valence-electron chi connectivity index (χ3n) is 2.52. The van der Waals surface area contributed by atoms with E-state index in [0.29, 0.717) is 29.5 Å². The fourth-order valence-corrected chi connectivity index (χ4v) is 1.81. The number of aryl methyl sites for hydroxylation is 1. The lowest BCUT2D eigenvalue weighted by Crippen LogP contribution is -2.14. The first kappa shape index (κ1) is 13.4. The molecule has 0 aromatic carbocycles. The van der Waals surface area contributed by atoms with Crippen molar-refractivity contribution in [1.29, 1.82) is 0 Å². The Morgan fingerprint density at radius 2 is 2.32 bits per heavy atom. The number of aromatic nitrogens is 3. The van der Waals surface area contributed by atoms with Crippen LogP contribution >= 0.6 is 11.6 Å². The molecule has 2 rings (SSSR count). The van der Waals surface area contributed by atoms with E-state index in [2.05, 4.69) is 15.4 Å². The molecule has 0 fully saturated rings. The number of pyridine rings is 1. The monoisotopic (exact) mass is 279 g/mol. The van der Waals surface area contributed by atoms with Crippen molar-refractivity contribution in [2.24, 2.45) is 5.73 Å². The molecule has 0 bridgehead atoms. The van der Waals surface area contributed by atoms with Gasteiger partial charge in [0.2, 0.25) is 5.91 Å². The maximum Gasteiger partial charge on any atom is 0.250 e. The third kappa shape index (κ3) is 3.45. The van der Waals surface area contributed by atoms with Crippen molar-refractivity contribution in [3.05, 3.63) is 40.8 Å². The first-order valence-electron chi connectivity index (χ1n) is 5.74. The lowest BCUT2D eigenvalue weighted by Gasteiger charge is -2.08. The van der Waals surface area contributed by atoms with Gasteiger partial charge in [-0.3, -0.25) is 9.48 Å². The summed E-state index contributed by atoms with van der Waals surface area (Å²) in [5, 5.41) is 7.62. The zero-order chi connectivity index (χ0) is 13.8. The largest absolute Gasteiger partial charge is 0.367 e. The van der Waals surface area contributed by atoms with Gasteiger partial charge in [-0.2, -0.15) is 5.10 Å². The summed E-state index contributed by atoms with van der Waals surface area (Å²) in [5.74, 6) is -0.0245. The summed E-state index contributed by atoms with van der Waals surface area (Å²) < 4.78 is 1.83. The average Bonchev–Trinajstić information content (AvgIpc) is 2.77. The van der Waals surface area contributed by atoms with E-state index in [9.17, 15) is 4.79 Å². The van der Waals surface area contributed by atoms with E-state index < -0.39 is 5.91 Å². The van der Waals surface area contributed by atoms with Gasteiger partial charge in [0.05, 0.1) is 23.3 Å². The summed E-state index contributed by atoms with van der Waals surface area (Å²) in [7, 11) is 0. The van der Waals surface area contributed by atoms with Crippen molar-refractivity contribution >= 4 is 23.3 Å². The van der Waals surface area contributed by atoms with Gasteiger partial charge in [0, 0.05) is 18.9 Å². The SMILES string of the molecule is Cc1cnn(CCNc2ncc(C(N)=O)cc2Cl)c1. The van der Waals surface area contributed by atoms with E-state index in [1.165, 1.54) is 12.3 Å². The first-order valence-corrected chi connectivity index (χ1v) is 6.12. The highest BCUT2D eigenvalue weighted by Gasteiger charge is 2.06. The Morgan fingerprint density at radius 1 is 1.53 bits per heavy atom. The molecule has 0 unspecified atom stereocenters. The van der Waals surface area contributed by atoms with Crippen LogP contribution in [0.1, 0.15) is 15.9 Å². The van der Waals surface area contributed by atoms with Gasteiger partial charge in [0.15, 0.2) is 0 Å². The van der Waals surface area contributed by atoms with Crippen molar-refractivity contribution in [3.8, 4) is 0 Å². The van der Waals surface area contributed by atoms with Crippen LogP contribution in [0.4, 0.5) is 5.82 Å². The molecule has 0 spiro atoms. The van der Waals surface area contributed by atoms with Crippen LogP contribution in [0.15, 0.2) is 24.7 Å². The minimum atomic E-state index is -0.548. The lowest BCUT2D eigenvalue weighted by atomic mass is 10.3. The second-order valence-electron chi connectivity index (χ2n) is 4.13. The van der Waals surface area contributed by atoms with E-state index in [1.807, 2.05) is 17.8 Å². The number of anilines is 1. The predicted octanol–water partition coefficient (Wildman–Crippen LogP) is 1.45. The summed E-state index contributed by atoms with van der Waals surface area (Å²) in [4.78, 5) is 15.0. The summed E-state index contributed by atoms with van der Waals surface area (Å²) in [6.45, 7) is 3.31. The van der Waals surface area contributed by atoms with Crippen LogP contribution in [-0.2, 0) is 6.54 Å². The number of hydrogen-bond donors (Lipinski definition) is 2. The second-order valence-corrected chi connectivity index (χ2v) is 4.53. The Labute approximate surface area is 115 Å². The van der Waals surface area contributed by atoms with Crippen LogP contribution in [0.3, 0.4) is 0 Å². The van der Waals surface area contributed by atoms with Gasteiger partial charge >= 0.3 is 0 Å². The quantitative estimate of drug-likeness (QED) is 0.867. The van der Waals surface area contributed by atoms with E-state index in [4.69, 9.17) is 17.3 Å². The molecule has 7 heteroatoms. The topological polar surface area (TPSA) is 85.8 Å². The number of halogens is 1. The number of rotatable bonds is 5. The number of carbonyl (C=O) groups is 1. The number of hydrogen-bond acceptors (Lipinski definition) is 4. The average molecular weight is 280 g/mol. The smallest absolute Gasteiger partial charge is 0.250 e. The molecule has 6 nitrogen and oxygen atoms in total. The van der Waals surface area contributed by atoms with Crippen LogP contribution in [0.25, 0.3) is 0 Å². The Bertz CT molecular complexity index is 596.